The lowest BCUT2D eigenvalue weighted by molar-refractivity contribution is 0.203. The Labute approximate surface area is 138 Å². The van der Waals surface area contributed by atoms with Gasteiger partial charge in [0, 0.05) is 18.5 Å². The molecule has 5 nitrogen and oxygen atoms in total. The molecule has 1 aliphatic heterocycles. The zero-order valence-electron chi connectivity index (χ0n) is 13.7. The summed E-state index contributed by atoms with van der Waals surface area (Å²) in [6.07, 6.45) is 2.43. The third-order valence-corrected chi connectivity index (χ3v) is 6.24. The van der Waals surface area contributed by atoms with Crippen LogP contribution in [-0.2, 0) is 10.0 Å². The highest BCUT2D eigenvalue weighted by Gasteiger charge is 2.36. The van der Waals surface area contributed by atoms with Gasteiger partial charge in [-0.15, -0.1) is 0 Å². The monoisotopic (exact) mass is 336 g/mol. The van der Waals surface area contributed by atoms with Gasteiger partial charge in [-0.3, -0.25) is 0 Å². The minimum atomic E-state index is -3.38. The minimum Gasteiger partial charge on any atom is -0.496 e. The lowest BCUT2D eigenvalue weighted by atomic mass is 9.91. The molecule has 0 amide bonds. The van der Waals surface area contributed by atoms with Gasteiger partial charge in [0.2, 0.25) is 10.0 Å². The van der Waals surface area contributed by atoms with Crippen LogP contribution in [0.4, 0.5) is 0 Å². The molecular formula is C17H24N2O3S. The second-order valence-corrected chi connectivity index (χ2v) is 8.13. The maximum Gasteiger partial charge on any atom is 0.214 e. The molecule has 2 unspecified atom stereocenters. The largest absolute Gasteiger partial charge is 0.496 e. The molecule has 126 valence electrons. The fourth-order valence-electron chi connectivity index (χ4n) is 3.12. The van der Waals surface area contributed by atoms with Crippen molar-refractivity contribution < 1.29 is 13.2 Å². The minimum absolute atomic E-state index is 0.0267. The number of para-hydroxylation sites is 1. The molecule has 0 bridgehead atoms. The van der Waals surface area contributed by atoms with Gasteiger partial charge in [0.25, 0.3) is 0 Å². The number of nitriles is 1. The van der Waals surface area contributed by atoms with Crippen LogP contribution in [0.25, 0.3) is 0 Å². The van der Waals surface area contributed by atoms with E-state index >= 15 is 0 Å². The van der Waals surface area contributed by atoms with Crippen LogP contribution in [0.15, 0.2) is 24.3 Å². The highest BCUT2D eigenvalue weighted by atomic mass is 32.2. The van der Waals surface area contributed by atoms with Crippen LogP contribution >= 0.6 is 0 Å². The molecule has 2 atom stereocenters. The van der Waals surface area contributed by atoms with Crippen molar-refractivity contribution in [3.63, 3.8) is 0 Å². The molecule has 6 heteroatoms. The summed E-state index contributed by atoms with van der Waals surface area (Å²) >= 11 is 0. The highest BCUT2D eigenvalue weighted by molar-refractivity contribution is 7.89. The molecule has 23 heavy (non-hydrogen) atoms. The highest BCUT2D eigenvalue weighted by Crippen LogP contribution is 2.39. The third-order valence-electron chi connectivity index (χ3n) is 4.32. The Bertz CT molecular complexity index is 667. The molecule has 1 saturated heterocycles. The van der Waals surface area contributed by atoms with E-state index in [-0.39, 0.29) is 18.2 Å². The van der Waals surface area contributed by atoms with Gasteiger partial charge >= 0.3 is 0 Å². The van der Waals surface area contributed by atoms with Crippen molar-refractivity contribution in [2.24, 2.45) is 5.92 Å². The third kappa shape index (κ3) is 4.24. The van der Waals surface area contributed by atoms with Crippen molar-refractivity contribution >= 4 is 10.0 Å². The summed E-state index contributed by atoms with van der Waals surface area (Å²) in [6, 6.07) is 9.44. The predicted octanol–water partition coefficient (Wildman–Crippen LogP) is 3.10. The summed E-state index contributed by atoms with van der Waals surface area (Å²) < 4.78 is 32.6. The molecule has 1 aromatic carbocycles. The predicted molar refractivity (Wildman–Crippen MR) is 89.5 cm³/mol. The molecule has 1 fully saturated rings. The standard InChI is InChI=1S/C17H24N2O3S/c1-14-9-10-16(15-7-3-4-8-17(15)22-2)19(13-14)23(20,21)12-6-5-11-18/h3-4,7-8,14,16H,5-6,9-10,12-13H2,1-2H3. The van der Waals surface area contributed by atoms with E-state index in [1.807, 2.05) is 30.3 Å². The number of ether oxygens (including phenoxy) is 1. The first-order valence-electron chi connectivity index (χ1n) is 7.99. The van der Waals surface area contributed by atoms with Gasteiger partial charge in [-0.25, -0.2) is 8.42 Å². The Morgan fingerprint density at radius 1 is 1.35 bits per heavy atom. The van der Waals surface area contributed by atoms with Crippen molar-refractivity contribution in [2.45, 2.75) is 38.6 Å². The number of rotatable bonds is 6. The molecule has 0 aromatic heterocycles. The van der Waals surface area contributed by atoms with Gasteiger partial charge in [0.1, 0.15) is 5.75 Å². The van der Waals surface area contributed by atoms with Crippen molar-refractivity contribution in [1.82, 2.24) is 4.31 Å². The van der Waals surface area contributed by atoms with Gasteiger partial charge < -0.3 is 4.74 Å². The fraction of sp³-hybridized carbons (Fsp3) is 0.588. The van der Waals surface area contributed by atoms with E-state index in [0.717, 1.165) is 24.2 Å². The van der Waals surface area contributed by atoms with Crippen molar-refractivity contribution in [3.8, 4) is 11.8 Å². The number of sulfonamides is 1. The number of unbranched alkanes of at least 4 members (excludes halogenated alkanes) is 1. The summed E-state index contributed by atoms with van der Waals surface area (Å²) in [4.78, 5) is 0. The Morgan fingerprint density at radius 2 is 2.09 bits per heavy atom. The molecule has 0 aliphatic carbocycles. The van der Waals surface area contributed by atoms with Crippen LogP contribution in [0.3, 0.4) is 0 Å². The molecule has 1 aromatic rings. The number of hydrogen-bond acceptors (Lipinski definition) is 4. The van der Waals surface area contributed by atoms with Gasteiger partial charge in [-0.05, 0) is 31.2 Å². The molecule has 0 radical (unpaired) electrons. The van der Waals surface area contributed by atoms with E-state index in [4.69, 9.17) is 10.00 Å². The number of benzene rings is 1. The van der Waals surface area contributed by atoms with Crippen LogP contribution in [0.1, 0.15) is 44.2 Å². The maximum absolute atomic E-state index is 12.8. The van der Waals surface area contributed by atoms with Crippen molar-refractivity contribution in [1.29, 1.82) is 5.26 Å². The smallest absolute Gasteiger partial charge is 0.214 e. The molecule has 0 saturated carbocycles. The zero-order chi connectivity index (χ0) is 16.9. The molecule has 1 aliphatic rings. The average molecular weight is 336 g/mol. The first-order chi connectivity index (χ1) is 11.0. The van der Waals surface area contributed by atoms with E-state index in [1.165, 1.54) is 0 Å². The van der Waals surface area contributed by atoms with E-state index in [0.29, 0.717) is 18.9 Å². The number of piperidine rings is 1. The van der Waals surface area contributed by atoms with E-state index < -0.39 is 10.0 Å². The van der Waals surface area contributed by atoms with Crippen LogP contribution in [-0.4, -0.2) is 32.1 Å². The molecular weight excluding hydrogens is 312 g/mol. The van der Waals surface area contributed by atoms with E-state index in [2.05, 4.69) is 6.92 Å². The Kier molecular flexibility index (Phi) is 6.03. The molecule has 0 spiro atoms. The van der Waals surface area contributed by atoms with Crippen LogP contribution in [0.2, 0.25) is 0 Å². The second-order valence-electron chi connectivity index (χ2n) is 6.09. The summed E-state index contributed by atoms with van der Waals surface area (Å²) in [6.45, 7) is 2.61. The Hall–Kier alpha value is -1.58. The van der Waals surface area contributed by atoms with E-state index in [9.17, 15) is 8.42 Å². The molecule has 2 rings (SSSR count). The quantitative estimate of drug-likeness (QED) is 0.748. The van der Waals surface area contributed by atoms with Crippen LogP contribution in [0, 0.1) is 17.2 Å². The molecule has 1 heterocycles. The van der Waals surface area contributed by atoms with Gasteiger partial charge in [0.15, 0.2) is 0 Å². The van der Waals surface area contributed by atoms with Crippen molar-refractivity contribution in [3.05, 3.63) is 29.8 Å². The first kappa shape index (κ1) is 17.8. The van der Waals surface area contributed by atoms with Gasteiger partial charge in [-0.1, -0.05) is 25.1 Å². The summed E-state index contributed by atoms with van der Waals surface area (Å²) in [5.74, 6) is 1.09. The summed E-state index contributed by atoms with van der Waals surface area (Å²) in [5.41, 5.74) is 0.922. The van der Waals surface area contributed by atoms with Crippen LogP contribution < -0.4 is 4.74 Å². The Morgan fingerprint density at radius 3 is 2.78 bits per heavy atom. The van der Waals surface area contributed by atoms with Gasteiger partial charge in [-0.2, -0.15) is 9.57 Å². The first-order valence-corrected chi connectivity index (χ1v) is 9.60. The second kappa shape index (κ2) is 7.80. The Balaban J connectivity index is 2.31. The SMILES string of the molecule is COc1ccccc1C1CCC(C)CN1S(=O)(=O)CCCC#N. The lowest BCUT2D eigenvalue weighted by Gasteiger charge is -2.38. The summed E-state index contributed by atoms with van der Waals surface area (Å²) in [5, 5.41) is 8.64. The van der Waals surface area contributed by atoms with E-state index in [1.54, 1.807) is 11.4 Å². The zero-order valence-corrected chi connectivity index (χ0v) is 14.6. The van der Waals surface area contributed by atoms with Gasteiger partial charge in [0.05, 0.1) is 25.0 Å². The normalized spacial score (nSPS) is 22.5. The number of nitrogens with zero attached hydrogens (tertiary/aromatic N) is 2. The number of methoxy groups -OCH3 is 1. The maximum atomic E-state index is 12.8. The summed E-state index contributed by atoms with van der Waals surface area (Å²) in [7, 11) is -1.78. The fourth-order valence-corrected chi connectivity index (χ4v) is 4.95. The lowest BCUT2D eigenvalue weighted by Crippen LogP contribution is -2.42. The molecule has 0 N–H and O–H groups in total. The van der Waals surface area contributed by atoms with Crippen molar-refractivity contribution in [2.75, 3.05) is 19.4 Å². The average Bonchev–Trinajstić information content (AvgIpc) is 2.55. The number of hydrogen-bond donors (Lipinski definition) is 0. The van der Waals surface area contributed by atoms with Crippen LogP contribution in [0.5, 0.6) is 5.75 Å². The topological polar surface area (TPSA) is 70.4 Å².